The van der Waals surface area contributed by atoms with Crippen LogP contribution in [0.1, 0.15) is 11.1 Å². The lowest BCUT2D eigenvalue weighted by molar-refractivity contribution is -0.384. The maximum atomic E-state index is 13.5. The van der Waals surface area contributed by atoms with E-state index >= 15 is 0 Å². The van der Waals surface area contributed by atoms with Crippen LogP contribution in [0.5, 0.6) is 0 Å². The Bertz CT molecular complexity index is 1430. The van der Waals surface area contributed by atoms with Gasteiger partial charge in [-0.15, -0.1) is 0 Å². The number of nitrogens with one attached hydrogen (secondary N) is 1. The van der Waals surface area contributed by atoms with Crippen LogP contribution in [0, 0.1) is 10.1 Å². The number of anilines is 3. The number of rotatable bonds is 6. The van der Waals surface area contributed by atoms with Gasteiger partial charge in [-0.3, -0.25) is 19.8 Å². The summed E-state index contributed by atoms with van der Waals surface area (Å²) in [5.74, 6) is -0.161. The number of amides is 1. The molecule has 4 aromatic rings. The van der Waals surface area contributed by atoms with Gasteiger partial charge in [-0.2, -0.15) is 0 Å². The van der Waals surface area contributed by atoms with Crippen LogP contribution in [-0.2, 0) is 4.79 Å². The first-order valence-corrected chi connectivity index (χ1v) is 11.1. The van der Waals surface area contributed by atoms with Crippen molar-refractivity contribution >= 4 is 40.4 Å². The zero-order chi connectivity index (χ0) is 24.2. The summed E-state index contributed by atoms with van der Waals surface area (Å²) in [5, 5.41) is 14.3. The third-order valence-electron chi connectivity index (χ3n) is 5.67. The summed E-state index contributed by atoms with van der Waals surface area (Å²) < 4.78 is 0. The molecule has 1 amide bonds. The van der Waals surface area contributed by atoms with E-state index in [2.05, 4.69) is 5.32 Å². The molecule has 0 saturated heterocycles. The molecule has 35 heavy (non-hydrogen) atoms. The Hall–Kier alpha value is -4.97. The number of hydrogen-bond donors (Lipinski definition) is 1. The molecule has 170 valence electrons. The number of carbonyl (C=O) groups excluding carboxylic acids is 1. The van der Waals surface area contributed by atoms with Crippen molar-refractivity contribution in [2.24, 2.45) is 0 Å². The smallest absolute Gasteiger partial charge is 0.269 e. The van der Waals surface area contributed by atoms with Crippen molar-refractivity contribution in [3.63, 3.8) is 0 Å². The van der Waals surface area contributed by atoms with Gasteiger partial charge in [-0.25, -0.2) is 0 Å². The fourth-order valence-corrected chi connectivity index (χ4v) is 3.95. The third kappa shape index (κ3) is 4.72. The zero-order valence-corrected chi connectivity index (χ0v) is 18.7. The minimum Gasteiger partial charge on any atom is -0.356 e. The zero-order valence-electron chi connectivity index (χ0n) is 18.7. The first kappa shape index (κ1) is 21.9. The quantitative estimate of drug-likeness (QED) is 0.195. The number of benzene rings is 4. The van der Waals surface area contributed by atoms with Gasteiger partial charge in [0.15, 0.2) is 0 Å². The topological polar surface area (TPSA) is 75.5 Å². The predicted molar refractivity (Wildman–Crippen MR) is 139 cm³/mol. The van der Waals surface area contributed by atoms with E-state index in [0.717, 1.165) is 28.3 Å². The van der Waals surface area contributed by atoms with Crippen molar-refractivity contribution in [3.8, 4) is 0 Å². The molecule has 0 aliphatic carbocycles. The Labute approximate surface area is 202 Å². The van der Waals surface area contributed by atoms with E-state index in [-0.39, 0.29) is 11.6 Å². The second-order valence-electron chi connectivity index (χ2n) is 8.02. The Balaban J connectivity index is 1.48. The highest BCUT2D eigenvalue weighted by atomic mass is 16.6. The van der Waals surface area contributed by atoms with Crippen molar-refractivity contribution in [1.29, 1.82) is 0 Å². The number of nitro benzene ring substituents is 1. The van der Waals surface area contributed by atoms with Crippen LogP contribution >= 0.6 is 0 Å². The SMILES string of the molecule is O=C1/C(=C/c2ccc([N+](=O)[O-])cc2)C=C(c2ccccc2)N1c1ccc(Nc2ccccc2)cc1. The maximum absolute atomic E-state index is 13.5. The Morgan fingerprint density at radius 1 is 0.743 bits per heavy atom. The van der Waals surface area contributed by atoms with E-state index in [1.165, 1.54) is 12.1 Å². The van der Waals surface area contributed by atoms with Gasteiger partial charge in [0, 0.05) is 34.8 Å². The van der Waals surface area contributed by atoms with Crippen LogP contribution in [0.3, 0.4) is 0 Å². The van der Waals surface area contributed by atoms with E-state index in [1.807, 2.05) is 91.0 Å². The van der Waals surface area contributed by atoms with Crippen molar-refractivity contribution in [3.05, 3.63) is 142 Å². The first-order chi connectivity index (χ1) is 17.1. The fraction of sp³-hybridized carbons (Fsp3) is 0. The lowest BCUT2D eigenvalue weighted by Gasteiger charge is -2.21. The largest absolute Gasteiger partial charge is 0.356 e. The van der Waals surface area contributed by atoms with E-state index < -0.39 is 4.92 Å². The molecule has 0 aromatic heterocycles. The molecule has 6 nitrogen and oxygen atoms in total. The summed E-state index contributed by atoms with van der Waals surface area (Å²) in [6.07, 6.45) is 3.61. The lowest BCUT2D eigenvalue weighted by Crippen LogP contribution is -2.24. The average molecular weight is 460 g/mol. The van der Waals surface area contributed by atoms with E-state index in [9.17, 15) is 14.9 Å². The highest BCUT2D eigenvalue weighted by Crippen LogP contribution is 2.36. The molecule has 0 atom stereocenters. The molecule has 1 aliphatic rings. The van der Waals surface area contributed by atoms with Gasteiger partial charge in [0.2, 0.25) is 0 Å². The molecule has 0 radical (unpaired) electrons. The summed E-state index contributed by atoms with van der Waals surface area (Å²) >= 11 is 0. The minimum absolute atomic E-state index is 0.0104. The van der Waals surface area contributed by atoms with Crippen LogP contribution in [-0.4, -0.2) is 10.8 Å². The number of nitro groups is 1. The monoisotopic (exact) mass is 459 g/mol. The summed E-state index contributed by atoms with van der Waals surface area (Å²) in [4.78, 5) is 25.7. The molecule has 0 spiro atoms. The molecule has 4 aromatic carbocycles. The predicted octanol–water partition coefficient (Wildman–Crippen LogP) is 6.81. The molecule has 0 bridgehead atoms. The van der Waals surface area contributed by atoms with Gasteiger partial charge in [0.05, 0.1) is 10.6 Å². The summed E-state index contributed by atoms with van der Waals surface area (Å²) in [5.41, 5.74) is 5.56. The normalized spacial score (nSPS) is 14.2. The standard InChI is InChI=1S/C29H21N3O3/c33-29-23(19-21-11-15-27(16-12-21)32(34)35)20-28(22-7-3-1-4-8-22)31(29)26-17-13-25(14-18-26)30-24-9-5-2-6-10-24/h1-20,30H/b23-19+. The van der Waals surface area contributed by atoms with E-state index in [4.69, 9.17) is 0 Å². The maximum Gasteiger partial charge on any atom is 0.269 e. The number of non-ortho nitro benzene ring substituents is 1. The fourth-order valence-electron chi connectivity index (χ4n) is 3.95. The Kier molecular flexibility index (Phi) is 5.92. The van der Waals surface area contributed by atoms with Gasteiger partial charge in [0.1, 0.15) is 0 Å². The summed E-state index contributed by atoms with van der Waals surface area (Å²) in [7, 11) is 0. The van der Waals surface area contributed by atoms with Crippen LogP contribution in [0.2, 0.25) is 0 Å². The van der Waals surface area contributed by atoms with Crippen molar-refractivity contribution < 1.29 is 9.72 Å². The molecule has 1 N–H and O–H groups in total. The highest BCUT2D eigenvalue weighted by molar-refractivity contribution is 6.23. The number of carbonyl (C=O) groups is 1. The summed E-state index contributed by atoms with van der Waals surface area (Å²) in [6, 6.07) is 33.5. The van der Waals surface area contributed by atoms with Gasteiger partial charge in [0.25, 0.3) is 11.6 Å². The molecule has 5 rings (SSSR count). The van der Waals surface area contributed by atoms with Crippen molar-refractivity contribution in [1.82, 2.24) is 0 Å². The van der Waals surface area contributed by atoms with Gasteiger partial charge < -0.3 is 5.32 Å². The molecule has 1 aliphatic heterocycles. The van der Waals surface area contributed by atoms with Crippen LogP contribution in [0.25, 0.3) is 11.8 Å². The van der Waals surface area contributed by atoms with E-state index in [0.29, 0.717) is 11.1 Å². The minimum atomic E-state index is -0.441. The van der Waals surface area contributed by atoms with Crippen molar-refractivity contribution in [2.45, 2.75) is 0 Å². The highest BCUT2D eigenvalue weighted by Gasteiger charge is 2.30. The van der Waals surface area contributed by atoms with Gasteiger partial charge >= 0.3 is 0 Å². The van der Waals surface area contributed by atoms with Crippen LogP contribution < -0.4 is 10.2 Å². The molecular weight excluding hydrogens is 438 g/mol. The number of hydrogen-bond acceptors (Lipinski definition) is 4. The van der Waals surface area contributed by atoms with Crippen molar-refractivity contribution in [2.75, 3.05) is 10.2 Å². The molecule has 0 fully saturated rings. The second-order valence-corrected chi connectivity index (χ2v) is 8.02. The van der Waals surface area contributed by atoms with Gasteiger partial charge in [-0.05, 0) is 71.8 Å². The second kappa shape index (κ2) is 9.49. The average Bonchev–Trinajstić information content (AvgIpc) is 3.21. The lowest BCUT2D eigenvalue weighted by atomic mass is 10.1. The number of para-hydroxylation sites is 1. The molecule has 0 saturated carbocycles. The Morgan fingerprint density at radius 3 is 1.97 bits per heavy atom. The first-order valence-electron chi connectivity index (χ1n) is 11.1. The molecule has 6 heteroatoms. The molecular formula is C29H21N3O3. The van der Waals surface area contributed by atoms with Crippen LogP contribution in [0.15, 0.2) is 121 Å². The Morgan fingerprint density at radius 2 is 1.34 bits per heavy atom. The van der Waals surface area contributed by atoms with Crippen LogP contribution in [0.4, 0.5) is 22.7 Å². The third-order valence-corrected chi connectivity index (χ3v) is 5.67. The molecule has 1 heterocycles. The van der Waals surface area contributed by atoms with E-state index in [1.54, 1.807) is 23.1 Å². The van der Waals surface area contributed by atoms with Gasteiger partial charge in [-0.1, -0.05) is 48.5 Å². The summed E-state index contributed by atoms with van der Waals surface area (Å²) in [6.45, 7) is 0. The number of nitrogens with zero attached hydrogens (tertiary/aromatic N) is 2. The molecule has 0 unspecified atom stereocenters.